The predicted octanol–water partition coefficient (Wildman–Crippen LogP) is 0.778. The molecule has 1 rings (SSSR count). The van der Waals surface area contributed by atoms with Crippen LogP contribution in [0.15, 0.2) is 16.4 Å². The van der Waals surface area contributed by atoms with Gasteiger partial charge in [-0.15, -0.1) is 0 Å². The van der Waals surface area contributed by atoms with Gasteiger partial charge >= 0.3 is 0 Å². The summed E-state index contributed by atoms with van der Waals surface area (Å²) in [7, 11) is 0. The van der Waals surface area contributed by atoms with Crippen LogP contribution in [0.5, 0.6) is 0 Å². The second kappa shape index (κ2) is 1.90. The standard InChI is InChI=1S/C6H6N3/c1-4-6(3-7)5(2)9-8-4/h1-2H3. The van der Waals surface area contributed by atoms with Crippen LogP contribution in [0.4, 0.5) is 0 Å². The van der Waals surface area contributed by atoms with Gasteiger partial charge in [-0.2, -0.15) is 15.8 Å². The summed E-state index contributed by atoms with van der Waals surface area (Å²) < 4.78 is 0. The van der Waals surface area contributed by atoms with E-state index in [1.165, 1.54) is 0 Å². The van der Waals surface area contributed by atoms with Gasteiger partial charge in [-0.25, -0.2) is 0 Å². The first-order valence-corrected chi connectivity index (χ1v) is 2.62. The summed E-state index contributed by atoms with van der Waals surface area (Å²) in [6.45, 7) is 3.55. The molecule has 0 saturated heterocycles. The summed E-state index contributed by atoms with van der Waals surface area (Å²) in [6.07, 6.45) is 0. The Balaban J connectivity index is 3.01. The van der Waals surface area contributed by atoms with Gasteiger partial charge in [0.15, 0.2) is 0 Å². The molecule has 0 aliphatic carbocycles. The summed E-state index contributed by atoms with van der Waals surface area (Å²) in [5.41, 5.74) is 5.76. The maximum atomic E-state index is 8.46. The molecule has 0 atom stereocenters. The van der Waals surface area contributed by atoms with Crippen LogP contribution in [-0.4, -0.2) is 5.71 Å². The molecule has 45 valence electrons. The highest BCUT2D eigenvalue weighted by Gasteiger charge is 2.12. The lowest BCUT2D eigenvalue weighted by molar-refractivity contribution is 0.892. The molecular formula is C6H6N3. The van der Waals surface area contributed by atoms with Crippen LogP contribution in [-0.2, 0) is 0 Å². The van der Waals surface area contributed by atoms with E-state index in [1.807, 2.05) is 6.07 Å². The van der Waals surface area contributed by atoms with E-state index in [1.54, 1.807) is 13.8 Å². The summed E-state index contributed by atoms with van der Waals surface area (Å²) in [5.74, 6) is 0. The van der Waals surface area contributed by atoms with Crippen LogP contribution in [0.1, 0.15) is 13.8 Å². The second-order valence-electron chi connectivity index (χ2n) is 1.86. The smallest absolute Gasteiger partial charge is 0.103 e. The van der Waals surface area contributed by atoms with Crippen molar-refractivity contribution < 1.29 is 0 Å². The number of nitrogens with zero attached hydrogens (tertiary/aromatic N) is 3. The minimum absolute atomic E-state index is 0.606. The predicted molar refractivity (Wildman–Crippen MR) is 33.6 cm³/mol. The van der Waals surface area contributed by atoms with Gasteiger partial charge in [0.1, 0.15) is 6.07 Å². The summed E-state index contributed by atoms with van der Waals surface area (Å²) >= 11 is 0. The molecule has 0 spiro atoms. The largest absolute Gasteiger partial charge is 0.192 e. The monoisotopic (exact) mass is 120 g/mol. The number of nitriles is 1. The van der Waals surface area contributed by atoms with E-state index in [2.05, 4.69) is 10.5 Å². The Bertz CT molecular complexity index is 229. The molecule has 0 fully saturated rings. The first-order chi connectivity index (χ1) is 4.25. The SMILES string of the molecule is CC1=N[N]C(C)=C1C#N. The number of hydrogen-bond acceptors (Lipinski definition) is 2. The van der Waals surface area contributed by atoms with Gasteiger partial charge in [0, 0.05) is 0 Å². The minimum Gasteiger partial charge on any atom is -0.192 e. The number of allylic oxidation sites excluding steroid dienone is 2. The Hall–Kier alpha value is -1.30. The zero-order chi connectivity index (χ0) is 6.85. The van der Waals surface area contributed by atoms with Crippen LogP contribution in [0.25, 0.3) is 0 Å². The van der Waals surface area contributed by atoms with E-state index < -0.39 is 0 Å². The van der Waals surface area contributed by atoms with Gasteiger partial charge < -0.3 is 0 Å². The summed E-state index contributed by atoms with van der Waals surface area (Å²) in [4.78, 5) is 0. The van der Waals surface area contributed by atoms with E-state index in [9.17, 15) is 0 Å². The van der Waals surface area contributed by atoms with Crippen molar-refractivity contribution in [3.05, 3.63) is 11.3 Å². The molecule has 0 N–H and O–H groups in total. The van der Waals surface area contributed by atoms with Crippen molar-refractivity contribution in [3.8, 4) is 6.07 Å². The summed E-state index contributed by atoms with van der Waals surface area (Å²) in [6, 6.07) is 2.02. The van der Waals surface area contributed by atoms with Gasteiger partial charge in [-0.3, -0.25) is 0 Å². The third-order valence-electron chi connectivity index (χ3n) is 1.19. The first-order valence-electron chi connectivity index (χ1n) is 2.62. The van der Waals surface area contributed by atoms with Crippen LogP contribution >= 0.6 is 0 Å². The van der Waals surface area contributed by atoms with Crippen molar-refractivity contribution in [2.75, 3.05) is 0 Å². The average molecular weight is 120 g/mol. The second-order valence-corrected chi connectivity index (χ2v) is 1.86. The minimum atomic E-state index is 0.606. The molecule has 0 unspecified atom stereocenters. The molecule has 0 aromatic heterocycles. The van der Waals surface area contributed by atoms with Gasteiger partial charge in [0.05, 0.1) is 17.0 Å². The maximum absolute atomic E-state index is 8.46. The molecule has 0 bridgehead atoms. The Morgan fingerprint density at radius 3 is 2.33 bits per heavy atom. The molecule has 1 radical (unpaired) electrons. The molecule has 0 saturated carbocycles. The topological polar surface area (TPSA) is 50.2 Å². The van der Waals surface area contributed by atoms with Gasteiger partial charge in [-0.1, -0.05) is 0 Å². The Kier molecular flexibility index (Phi) is 1.23. The highest BCUT2D eigenvalue weighted by molar-refractivity contribution is 6.03. The summed E-state index contributed by atoms with van der Waals surface area (Å²) in [5, 5.41) is 12.2. The third kappa shape index (κ3) is 0.789. The highest BCUT2D eigenvalue weighted by atomic mass is 15.3. The molecule has 1 heterocycles. The fourth-order valence-corrected chi connectivity index (χ4v) is 0.674. The van der Waals surface area contributed by atoms with Crippen molar-refractivity contribution in [3.63, 3.8) is 0 Å². The van der Waals surface area contributed by atoms with Crippen LogP contribution in [0.3, 0.4) is 0 Å². The van der Waals surface area contributed by atoms with Gasteiger partial charge in [0.2, 0.25) is 0 Å². The number of hydrogen-bond donors (Lipinski definition) is 0. The van der Waals surface area contributed by atoms with Gasteiger partial charge in [-0.05, 0) is 13.8 Å². The molecule has 0 aromatic rings. The van der Waals surface area contributed by atoms with Crippen molar-refractivity contribution >= 4 is 5.71 Å². The maximum Gasteiger partial charge on any atom is 0.103 e. The van der Waals surface area contributed by atoms with Gasteiger partial charge in [0.25, 0.3) is 0 Å². The zero-order valence-electron chi connectivity index (χ0n) is 5.34. The Morgan fingerprint density at radius 2 is 2.11 bits per heavy atom. The van der Waals surface area contributed by atoms with E-state index in [0.717, 1.165) is 11.4 Å². The molecular weight excluding hydrogens is 114 g/mol. The van der Waals surface area contributed by atoms with E-state index in [0.29, 0.717) is 5.57 Å². The lowest BCUT2D eigenvalue weighted by Crippen LogP contribution is -1.90. The Labute approximate surface area is 53.7 Å². The first kappa shape index (κ1) is 5.83. The molecule has 3 heteroatoms. The molecule has 3 nitrogen and oxygen atoms in total. The molecule has 1 aliphatic heterocycles. The van der Waals surface area contributed by atoms with Crippen molar-refractivity contribution in [1.29, 1.82) is 5.26 Å². The molecule has 9 heavy (non-hydrogen) atoms. The fourth-order valence-electron chi connectivity index (χ4n) is 0.674. The number of rotatable bonds is 0. The molecule has 0 aromatic carbocycles. The van der Waals surface area contributed by atoms with E-state index >= 15 is 0 Å². The average Bonchev–Trinajstić information content (AvgIpc) is 2.12. The van der Waals surface area contributed by atoms with E-state index in [-0.39, 0.29) is 0 Å². The van der Waals surface area contributed by atoms with Crippen LogP contribution < -0.4 is 5.43 Å². The Morgan fingerprint density at radius 1 is 1.44 bits per heavy atom. The van der Waals surface area contributed by atoms with Crippen LogP contribution in [0.2, 0.25) is 0 Å². The fraction of sp³-hybridized carbons (Fsp3) is 0.333. The van der Waals surface area contributed by atoms with E-state index in [4.69, 9.17) is 5.26 Å². The lowest BCUT2D eigenvalue weighted by Gasteiger charge is -1.84. The van der Waals surface area contributed by atoms with Crippen molar-refractivity contribution in [1.82, 2.24) is 5.43 Å². The normalized spacial score (nSPS) is 16.8. The lowest BCUT2D eigenvalue weighted by atomic mass is 10.2. The molecule has 0 amide bonds. The highest BCUT2D eigenvalue weighted by Crippen LogP contribution is 2.09. The zero-order valence-corrected chi connectivity index (χ0v) is 5.34. The molecule has 1 aliphatic rings. The van der Waals surface area contributed by atoms with Crippen molar-refractivity contribution in [2.24, 2.45) is 5.10 Å². The third-order valence-corrected chi connectivity index (χ3v) is 1.19. The van der Waals surface area contributed by atoms with Crippen molar-refractivity contribution in [2.45, 2.75) is 13.8 Å². The quantitative estimate of drug-likeness (QED) is 0.466. The van der Waals surface area contributed by atoms with Crippen LogP contribution in [0, 0.1) is 11.3 Å².